The van der Waals surface area contributed by atoms with Crippen molar-refractivity contribution in [2.75, 3.05) is 0 Å². The van der Waals surface area contributed by atoms with Crippen LogP contribution in [0.15, 0.2) is 66.9 Å². The highest BCUT2D eigenvalue weighted by Crippen LogP contribution is 2.49. The number of fused-ring (bicyclic) bond motifs is 4. The predicted octanol–water partition coefficient (Wildman–Crippen LogP) is 4.28. The summed E-state index contributed by atoms with van der Waals surface area (Å²) in [6.07, 6.45) is 7.38. The van der Waals surface area contributed by atoms with Gasteiger partial charge in [0.05, 0.1) is 6.04 Å². The smallest absolute Gasteiger partial charge is 0.223 e. The Labute approximate surface area is 137 Å². The quantitative estimate of drug-likeness (QED) is 0.811. The molecule has 2 unspecified atom stereocenters. The lowest BCUT2D eigenvalue weighted by Crippen LogP contribution is -2.42. The first kappa shape index (κ1) is 14.3. The number of amides is 1. The lowest BCUT2D eigenvalue weighted by atomic mass is 9.65. The molecule has 4 rings (SSSR count). The van der Waals surface area contributed by atoms with Crippen molar-refractivity contribution < 1.29 is 4.79 Å². The van der Waals surface area contributed by atoms with E-state index in [4.69, 9.17) is 0 Å². The SMILES string of the molecule is CC(=O)N1C=CC2(Cc3ccccc3)Cc3ccccc3C1C2. The third-order valence-corrected chi connectivity index (χ3v) is 5.24. The molecule has 1 aliphatic heterocycles. The van der Waals surface area contributed by atoms with E-state index in [1.807, 2.05) is 11.1 Å². The molecule has 0 saturated carbocycles. The number of nitrogens with zero attached hydrogens (tertiary/aromatic N) is 1. The van der Waals surface area contributed by atoms with Gasteiger partial charge in [0.15, 0.2) is 0 Å². The van der Waals surface area contributed by atoms with Crippen LogP contribution in [-0.4, -0.2) is 10.8 Å². The molecule has 2 bridgehead atoms. The second-order valence-electron chi connectivity index (χ2n) is 6.86. The van der Waals surface area contributed by atoms with E-state index < -0.39 is 0 Å². The minimum Gasteiger partial charge on any atom is -0.312 e. The Morgan fingerprint density at radius 3 is 2.65 bits per heavy atom. The fourth-order valence-corrected chi connectivity index (χ4v) is 4.20. The normalized spacial score (nSPS) is 25.1. The Balaban J connectivity index is 1.77. The van der Waals surface area contributed by atoms with Crippen LogP contribution in [0.1, 0.15) is 36.1 Å². The first-order valence-electron chi connectivity index (χ1n) is 8.27. The maximum absolute atomic E-state index is 12.0. The molecule has 1 amide bonds. The lowest BCUT2D eigenvalue weighted by molar-refractivity contribution is -0.129. The van der Waals surface area contributed by atoms with Gasteiger partial charge in [0.2, 0.25) is 5.91 Å². The molecule has 23 heavy (non-hydrogen) atoms. The number of carbonyl (C=O) groups is 1. The largest absolute Gasteiger partial charge is 0.312 e. The van der Waals surface area contributed by atoms with Crippen LogP contribution in [0, 0.1) is 5.41 Å². The van der Waals surface area contributed by atoms with Gasteiger partial charge < -0.3 is 4.90 Å². The van der Waals surface area contributed by atoms with Crippen LogP contribution in [-0.2, 0) is 17.6 Å². The second-order valence-corrected chi connectivity index (χ2v) is 6.86. The maximum atomic E-state index is 12.0. The molecule has 2 heteroatoms. The van der Waals surface area contributed by atoms with E-state index in [2.05, 4.69) is 60.7 Å². The van der Waals surface area contributed by atoms with Crippen molar-refractivity contribution >= 4 is 5.91 Å². The summed E-state index contributed by atoms with van der Waals surface area (Å²) in [5.74, 6) is 0.122. The van der Waals surface area contributed by atoms with Crippen molar-refractivity contribution in [2.24, 2.45) is 5.41 Å². The molecular weight excluding hydrogens is 282 g/mol. The van der Waals surface area contributed by atoms with Gasteiger partial charge in [-0.1, -0.05) is 60.7 Å². The summed E-state index contributed by atoms with van der Waals surface area (Å²) >= 11 is 0. The molecule has 2 nitrogen and oxygen atoms in total. The molecule has 1 heterocycles. The summed E-state index contributed by atoms with van der Waals surface area (Å²) in [7, 11) is 0. The first-order chi connectivity index (χ1) is 11.2. The molecule has 2 aliphatic rings. The van der Waals surface area contributed by atoms with E-state index in [0.29, 0.717) is 0 Å². The van der Waals surface area contributed by atoms with E-state index in [0.717, 1.165) is 19.3 Å². The minimum absolute atomic E-state index is 0.117. The van der Waals surface area contributed by atoms with Gasteiger partial charge in [-0.3, -0.25) is 4.79 Å². The van der Waals surface area contributed by atoms with Gasteiger partial charge in [0.25, 0.3) is 0 Å². The molecule has 0 saturated heterocycles. The molecule has 0 fully saturated rings. The van der Waals surface area contributed by atoms with E-state index >= 15 is 0 Å². The molecule has 2 atom stereocenters. The van der Waals surface area contributed by atoms with Crippen molar-refractivity contribution in [1.29, 1.82) is 0 Å². The highest BCUT2D eigenvalue weighted by atomic mass is 16.2. The third-order valence-electron chi connectivity index (χ3n) is 5.24. The maximum Gasteiger partial charge on any atom is 0.223 e. The zero-order valence-electron chi connectivity index (χ0n) is 13.4. The average molecular weight is 303 g/mol. The Morgan fingerprint density at radius 1 is 1.13 bits per heavy atom. The summed E-state index contributed by atoms with van der Waals surface area (Å²) in [6.45, 7) is 1.66. The number of hydrogen-bond acceptors (Lipinski definition) is 1. The average Bonchev–Trinajstić information content (AvgIpc) is 2.55. The van der Waals surface area contributed by atoms with Gasteiger partial charge in [-0.15, -0.1) is 0 Å². The van der Waals surface area contributed by atoms with Gasteiger partial charge in [-0.05, 0) is 36.0 Å². The molecule has 0 spiro atoms. The summed E-state index contributed by atoms with van der Waals surface area (Å²) in [4.78, 5) is 14.0. The fourth-order valence-electron chi connectivity index (χ4n) is 4.20. The van der Waals surface area contributed by atoms with Crippen LogP contribution < -0.4 is 0 Å². The van der Waals surface area contributed by atoms with E-state index in [9.17, 15) is 4.79 Å². The van der Waals surface area contributed by atoms with Gasteiger partial charge in [0, 0.05) is 18.5 Å². The van der Waals surface area contributed by atoms with Crippen molar-refractivity contribution in [1.82, 2.24) is 4.90 Å². The molecule has 116 valence electrons. The van der Waals surface area contributed by atoms with Gasteiger partial charge in [-0.2, -0.15) is 0 Å². The van der Waals surface area contributed by atoms with Crippen LogP contribution in [0.3, 0.4) is 0 Å². The molecule has 2 aromatic rings. The number of hydrogen-bond donors (Lipinski definition) is 0. The van der Waals surface area contributed by atoms with Crippen LogP contribution in [0.4, 0.5) is 0 Å². The summed E-state index contributed by atoms with van der Waals surface area (Å²) < 4.78 is 0. The molecule has 0 radical (unpaired) electrons. The van der Waals surface area contributed by atoms with Crippen molar-refractivity contribution in [3.63, 3.8) is 0 Å². The fraction of sp³-hybridized carbons (Fsp3) is 0.286. The highest BCUT2D eigenvalue weighted by Gasteiger charge is 2.42. The van der Waals surface area contributed by atoms with Crippen LogP contribution in [0.5, 0.6) is 0 Å². The first-order valence-corrected chi connectivity index (χ1v) is 8.27. The van der Waals surface area contributed by atoms with Crippen LogP contribution >= 0.6 is 0 Å². The summed E-state index contributed by atoms with van der Waals surface area (Å²) in [5.41, 5.74) is 4.18. The highest BCUT2D eigenvalue weighted by molar-refractivity contribution is 5.75. The lowest BCUT2D eigenvalue weighted by Gasteiger charge is -2.47. The Bertz CT molecular complexity index is 764. The topological polar surface area (TPSA) is 20.3 Å². The molecule has 1 aliphatic carbocycles. The third kappa shape index (κ3) is 2.48. The number of rotatable bonds is 2. The second kappa shape index (κ2) is 5.38. The van der Waals surface area contributed by atoms with Gasteiger partial charge in [0.1, 0.15) is 0 Å². The summed E-state index contributed by atoms with van der Waals surface area (Å²) in [5, 5.41) is 0. The number of allylic oxidation sites excluding steroid dienone is 1. The van der Waals surface area contributed by atoms with Crippen LogP contribution in [0.25, 0.3) is 0 Å². The number of benzene rings is 2. The monoisotopic (exact) mass is 303 g/mol. The summed E-state index contributed by atoms with van der Waals surface area (Å²) in [6, 6.07) is 19.5. The zero-order valence-corrected chi connectivity index (χ0v) is 13.4. The standard InChI is InChI=1S/C21H21NO/c1-16(23)22-12-11-21(13-17-7-3-2-4-8-17)14-18-9-5-6-10-19(18)20(22)15-21/h2-12,20H,13-15H2,1H3. The Kier molecular flexibility index (Phi) is 3.33. The van der Waals surface area contributed by atoms with Gasteiger partial charge in [-0.25, -0.2) is 0 Å². The minimum atomic E-state index is 0.117. The molecule has 0 N–H and O–H groups in total. The zero-order chi connectivity index (χ0) is 15.9. The van der Waals surface area contributed by atoms with E-state index in [-0.39, 0.29) is 17.4 Å². The molecule has 2 aromatic carbocycles. The van der Waals surface area contributed by atoms with Crippen LogP contribution in [0.2, 0.25) is 0 Å². The predicted molar refractivity (Wildman–Crippen MR) is 91.7 cm³/mol. The van der Waals surface area contributed by atoms with Crippen molar-refractivity contribution in [3.8, 4) is 0 Å². The van der Waals surface area contributed by atoms with Crippen molar-refractivity contribution in [2.45, 2.75) is 32.2 Å². The van der Waals surface area contributed by atoms with Gasteiger partial charge >= 0.3 is 0 Å². The molecular formula is C21H21NO. The molecule has 0 aromatic heterocycles. The Morgan fingerprint density at radius 2 is 1.87 bits per heavy atom. The number of carbonyl (C=O) groups excluding carboxylic acids is 1. The van der Waals surface area contributed by atoms with E-state index in [1.165, 1.54) is 16.7 Å². The Hall–Kier alpha value is -2.35. The van der Waals surface area contributed by atoms with Crippen molar-refractivity contribution in [3.05, 3.63) is 83.6 Å². The van der Waals surface area contributed by atoms with E-state index in [1.54, 1.807) is 6.92 Å².